The van der Waals surface area contributed by atoms with Gasteiger partial charge in [-0.15, -0.1) is 11.3 Å². The molecule has 7 heteroatoms. The fourth-order valence-electron chi connectivity index (χ4n) is 2.30. The molecule has 1 aliphatic heterocycles. The Morgan fingerprint density at radius 3 is 2.80 bits per heavy atom. The van der Waals surface area contributed by atoms with Crippen LogP contribution in [0.5, 0.6) is 0 Å². The molecule has 0 aliphatic carbocycles. The molecule has 1 aromatic rings. The first kappa shape index (κ1) is 14.8. The van der Waals surface area contributed by atoms with Crippen LogP contribution in [0.4, 0.5) is 4.79 Å². The molecule has 0 bridgehead atoms. The molecular weight excluding hydrogens is 278 g/mol. The van der Waals surface area contributed by atoms with Gasteiger partial charge in [0, 0.05) is 25.0 Å². The van der Waals surface area contributed by atoms with E-state index in [9.17, 15) is 14.7 Å². The number of urea groups is 1. The number of carboxylic acid groups (broad SMARTS) is 1. The van der Waals surface area contributed by atoms with Gasteiger partial charge >= 0.3 is 12.0 Å². The normalized spacial score (nSPS) is 22.1. The Hall–Kier alpha value is -1.63. The second kappa shape index (κ2) is 5.40. The second-order valence-corrected chi connectivity index (χ2v) is 6.48. The smallest absolute Gasteiger partial charge is 0.320 e. The number of hydrogen-bond acceptors (Lipinski definition) is 4. The first-order chi connectivity index (χ1) is 9.33. The molecule has 1 aliphatic rings. The number of carbonyl (C=O) groups is 2. The number of likely N-dealkylation sites (tertiary alicyclic amines) is 1. The van der Waals surface area contributed by atoms with Crippen LogP contribution >= 0.6 is 11.3 Å². The van der Waals surface area contributed by atoms with Crippen molar-refractivity contribution in [3.05, 3.63) is 16.1 Å². The molecule has 20 heavy (non-hydrogen) atoms. The molecule has 1 atom stereocenters. The second-order valence-electron chi connectivity index (χ2n) is 5.54. The minimum absolute atomic E-state index is 0.122. The molecule has 2 amide bonds. The van der Waals surface area contributed by atoms with Crippen LogP contribution < -0.4 is 0 Å². The first-order valence-electron chi connectivity index (χ1n) is 6.46. The van der Waals surface area contributed by atoms with E-state index in [0.717, 1.165) is 10.6 Å². The van der Waals surface area contributed by atoms with Crippen molar-refractivity contribution in [3.8, 4) is 0 Å². The molecule has 0 radical (unpaired) electrons. The third-order valence-corrected chi connectivity index (χ3v) is 4.73. The van der Waals surface area contributed by atoms with Crippen LogP contribution in [0.2, 0.25) is 0 Å². The van der Waals surface area contributed by atoms with Crippen LogP contribution in [0, 0.1) is 12.3 Å². The molecule has 0 aromatic carbocycles. The van der Waals surface area contributed by atoms with Gasteiger partial charge in [0.2, 0.25) is 0 Å². The van der Waals surface area contributed by atoms with Gasteiger partial charge in [-0.25, -0.2) is 9.78 Å². The zero-order valence-corrected chi connectivity index (χ0v) is 12.7. The van der Waals surface area contributed by atoms with E-state index < -0.39 is 11.4 Å². The van der Waals surface area contributed by atoms with Crippen molar-refractivity contribution in [2.75, 3.05) is 20.1 Å². The number of hydrogen-bond donors (Lipinski definition) is 1. The van der Waals surface area contributed by atoms with Gasteiger partial charge in [0.15, 0.2) is 0 Å². The predicted molar refractivity (Wildman–Crippen MR) is 75.6 cm³/mol. The Morgan fingerprint density at radius 1 is 1.60 bits per heavy atom. The largest absolute Gasteiger partial charge is 0.481 e. The maximum atomic E-state index is 12.3. The van der Waals surface area contributed by atoms with Crippen LogP contribution in [0.1, 0.15) is 23.9 Å². The maximum absolute atomic E-state index is 12.3. The van der Waals surface area contributed by atoms with Crippen molar-refractivity contribution in [1.29, 1.82) is 0 Å². The van der Waals surface area contributed by atoms with E-state index in [1.54, 1.807) is 29.3 Å². The predicted octanol–water partition coefficient (Wildman–Crippen LogP) is 1.80. The summed E-state index contributed by atoms with van der Waals surface area (Å²) in [5.74, 6) is -0.839. The van der Waals surface area contributed by atoms with Crippen LogP contribution in [0.3, 0.4) is 0 Å². The van der Waals surface area contributed by atoms with Gasteiger partial charge in [0.25, 0.3) is 0 Å². The van der Waals surface area contributed by atoms with Gasteiger partial charge in [0.05, 0.1) is 23.2 Å². The molecule has 6 nitrogen and oxygen atoms in total. The number of amides is 2. The highest BCUT2D eigenvalue weighted by atomic mass is 32.1. The molecule has 0 saturated carbocycles. The highest BCUT2D eigenvalue weighted by Crippen LogP contribution is 2.30. The zero-order chi connectivity index (χ0) is 14.9. The average molecular weight is 297 g/mol. The lowest BCUT2D eigenvalue weighted by Gasteiger charge is -2.25. The maximum Gasteiger partial charge on any atom is 0.320 e. The van der Waals surface area contributed by atoms with Gasteiger partial charge in [-0.1, -0.05) is 0 Å². The molecule has 1 fully saturated rings. The van der Waals surface area contributed by atoms with Crippen molar-refractivity contribution in [2.24, 2.45) is 5.41 Å². The molecule has 2 rings (SSSR count). The standard InChI is InChI=1S/C13H19N3O3S/c1-9-10(20-8-14-9)6-15(3)12(19)16-5-4-13(2,7-16)11(17)18/h8H,4-7H2,1-3H3,(H,17,18). The van der Waals surface area contributed by atoms with Gasteiger partial charge in [0.1, 0.15) is 0 Å². The number of carboxylic acids is 1. The SMILES string of the molecule is Cc1ncsc1CN(C)C(=O)N1CCC(C)(C(=O)O)C1. The summed E-state index contributed by atoms with van der Waals surface area (Å²) in [4.78, 5) is 32.0. The number of carbonyl (C=O) groups excluding carboxylic acids is 1. The van der Waals surface area contributed by atoms with E-state index in [0.29, 0.717) is 19.5 Å². The summed E-state index contributed by atoms with van der Waals surface area (Å²) in [5.41, 5.74) is 1.88. The minimum Gasteiger partial charge on any atom is -0.481 e. The van der Waals surface area contributed by atoms with Crippen molar-refractivity contribution >= 4 is 23.3 Å². The van der Waals surface area contributed by atoms with E-state index in [4.69, 9.17) is 0 Å². The van der Waals surface area contributed by atoms with Gasteiger partial charge in [-0.2, -0.15) is 0 Å². The van der Waals surface area contributed by atoms with Crippen LogP contribution in [0.25, 0.3) is 0 Å². The molecular formula is C13H19N3O3S. The number of aliphatic carboxylic acids is 1. The Balaban J connectivity index is 1.98. The third kappa shape index (κ3) is 2.77. The number of thiazole rings is 1. The number of aryl methyl sites for hydroxylation is 1. The Bertz CT molecular complexity index is 531. The van der Waals surface area contributed by atoms with E-state index in [-0.39, 0.29) is 12.6 Å². The van der Waals surface area contributed by atoms with Crippen molar-refractivity contribution in [2.45, 2.75) is 26.8 Å². The molecule has 1 aromatic heterocycles. The molecule has 1 N–H and O–H groups in total. The Morgan fingerprint density at radius 2 is 2.30 bits per heavy atom. The number of rotatable bonds is 3. The molecule has 2 heterocycles. The van der Waals surface area contributed by atoms with E-state index in [1.807, 2.05) is 6.92 Å². The highest BCUT2D eigenvalue weighted by Gasteiger charge is 2.42. The third-order valence-electron chi connectivity index (χ3n) is 3.81. The van der Waals surface area contributed by atoms with Gasteiger partial charge < -0.3 is 14.9 Å². The summed E-state index contributed by atoms with van der Waals surface area (Å²) in [5, 5.41) is 9.20. The van der Waals surface area contributed by atoms with Crippen LogP contribution in [-0.4, -0.2) is 52.0 Å². The van der Waals surface area contributed by atoms with Gasteiger partial charge in [-0.3, -0.25) is 4.79 Å². The van der Waals surface area contributed by atoms with Crippen LogP contribution in [0.15, 0.2) is 5.51 Å². The lowest BCUT2D eigenvalue weighted by molar-refractivity contribution is -0.147. The lowest BCUT2D eigenvalue weighted by Crippen LogP contribution is -2.41. The minimum atomic E-state index is -0.839. The van der Waals surface area contributed by atoms with Crippen LogP contribution in [-0.2, 0) is 11.3 Å². The Kier molecular flexibility index (Phi) is 3.99. The fourth-order valence-corrected chi connectivity index (χ4v) is 3.13. The molecule has 0 spiro atoms. The summed E-state index contributed by atoms with van der Waals surface area (Å²) < 4.78 is 0. The summed E-state index contributed by atoms with van der Waals surface area (Å²) in [6.45, 7) is 4.88. The van der Waals surface area contributed by atoms with E-state index in [1.165, 1.54) is 11.3 Å². The van der Waals surface area contributed by atoms with Crippen molar-refractivity contribution in [1.82, 2.24) is 14.8 Å². The fraction of sp³-hybridized carbons (Fsp3) is 0.615. The topological polar surface area (TPSA) is 73.7 Å². The quantitative estimate of drug-likeness (QED) is 0.923. The number of nitrogens with zero attached hydrogens (tertiary/aromatic N) is 3. The van der Waals surface area contributed by atoms with Crippen molar-refractivity contribution < 1.29 is 14.7 Å². The summed E-state index contributed by atoms with van der Waals surface area (Å²) >= 11 is 1.52. The first-order valence-corrected chi connectivity index (χ1v) is 7.34. The van der Waals surface area contributed by atoms with E-state index in [2.05, 4.69) is 4.98 Å². The number of aromatic nitrogens is 1. The Labute approximate surface area is 122 Å². The monoisotopic (exact) mass is 297 g/mol. The summed E-state index contributed by atoms with van der Waals surface area (Å²) in [6, 6.07) is -0.122. The van der Waals surface area contributed by atoms with Gasteiger partial charge in [-0.05, 0) is 20.3 Å². The summed E-state index contributed by atoms with van der Waals surface area (Å²) in [7, 11) is 1.73. The average Bonchev–Trinajstić information content (AvgIpc) is 2.97. The van der Waals surface area contributed by atoms with E-state index >= 15 is 0 Å². The molecule has 110 valence electrons. The summed E-state index contributed by atoms with van der Waals surface area (Å²) in [6.07, 6.45) is 0.501. The molecule has 1 unspecified atom stereocenters. The lowest BCUT2D eigenvalue weighted by atomic mass is 9.90. The molecule has 1 saturated heterocycles. The highest BCUT2D eigenvalue weighted by molar-refractivity contribution is 7.09. The van der Waals surface area contributed by atoms with Crippen molar-refractivity contribution in [3.63, 3.8) is 0 Å². The zero-order valence-electron chi connectivity index (χ0n) is 11.9.